The summed E-state index contributed by atoms with van der Waals surface area (Å²) in [4.78, 5) is 12.0. The third-order valence-electron chi connectivity index (χ3n) is 5.23. The summed E-state index contributed by atoms with van der Waals surface area (Å²) in [6.07, 6.45) is 7.92. The van der Waals surface area contributed by atoms with Crippen LogP contribution in [-0.2, 0) is 16.4 Å². The van der Waals surface area contributed by atoms with E-state index in [0.717, 1.165) is 49.8 Å². The van der Waals surface area contributed by atoms with Crippen LogP contribution in [0.3, 0.4) is 0 Å². The monoisotopic (exact) mass is 430 g/mol. The van der Waals surface area contributed by atoms with Crippen LogP contribution in [0.4, 0.5) is 10.1 Å². The average Bonchev–Trinajstić information content (AvgIpc) is 2.75. The van der Waals surface area contributed by atoms with Crippen LogP contribution in [0.15, 0.2) is 59.0 Å². The zero-order valence-corrected chi connectivity index (χ0v) is 17.9. The number of carbonyl (C=O) groups excluding carboxylic acids is 1. The molecule has 1 aliphatic carbocycles. The van der Waals surface area contributed by atoms with Crippen LogP contribution in [0.2, 0.25) is 0 Å². The molecule has 2 N–H and O–H groups in total. The molecule has 7 heteroatoms. The van der Waals surface area contributed by atoms with Crippen LogP contribution < -0.4 is 10.0 Å². The molecule has 0 radical (unpaired) electrons. The minimum Gasteiger partial charge on any atom is -0.322 e. The summed E-state index contributed by atoms with van der Waals surface area (Å²) in [6.45, 7) is 2.24. The van der Waals surface area contributed by atoms with Crippen molar-refractivity contribution in [2.24, 2.45) is 0 Å². The molecule has 0 spiro atoms. The number of anilines is 1. The number of aryl methyl sites for hydroxylation is 1. The van der Waals surface area contributed by atoms with E-state index in [1.807, 2.05) is 19.1 Å². The number of carbonyl (C=O) groups is 1. The SMILES string of the molecule is CCc1ccc(NC(=O)c2ccc(F)c(S(=O)(=O)NCCC3=CCCCC3)c2)cc1. The molecule has 0 unspecified atom stereocenters. The van der Waals surface area contributed by atoms with Gasteiger partial charge in [0.15, 0.2) is 0 Å². The van der Waals surface area contributed by atoms with Crippen molar-refractivity contribution in [3.8, 4) is 0 Å². The van der Waals surface area contributed by atoms with Gasteiger partial charge >= 0.3 is 0 Å². The Morgan fingerprint density at radius 2 is 1.87 bits per heavy atom. The van der Waals surface area contributed by atoms with Crippen molar-refractivity contribution in [2.75, 3.05) is 11.9 Å². The lowest BCUT2D eigenvalue weighted by molar-refractivity contribution is 0.102. The van der Waals surface area contributed by atoms with E-state index in [2.05, 4.69) is 16.1 Å². The number of benzene rings is 2. The van der Waals surface area contributed by atoms with Gasteiger partial charge in [-0.05, 0) is 74.4 Å². The average molecular weight is 431 g/mol. The Morgan fingerprint density at radius 1 is 1.10 bits per heavy atom. The second-order valence-electron chi connectivity index (χ2n) is 7.41. The van der Waals surface area contributed by atoms with E-state index in [9.17, 15) is 17.6 Å². The van der Waals surface area contributed by atoms with Gasteiger partial charge in [-0.15, -0.1) is 0 Å². The third kappa shape index (κ3) is 5.77. The quantitative estimate of drug-likeness (QED) is 0.590. The van der Waals surface area contributed by atoms with Gasteiger partial charge in [0, 0.05) is 17.8 Å². The largest absolute Gasteiger partial charge is 0.322 e. The summed E-state index contributed by atoms with van der Waals surface area (Å²) < 4.78 is 41.9. The molecule has 1 aliphatic rings. The van der Waals surface area contributed by atoms with E-state index < -0.39 is 26.6 Å². The van der Waals surface area contributed by atoms with Gasteiger partial charge < -0.3 is 5.32 Å². The second-order valence-corrected chi connectivity index (χ2v) is 9.14. The molecular weight excluding hydrogens is 403 g/mol. The Bertz CT molecular complexity index is 1030. The third-order valence-corrected chi connectivity index (χ3v) is 6.70. The first-order valence-corrected chi connectivity index (χ1v) is 11.7. The summed E-state index contributed by atoms with van der Waals surface area (Å²) in [7, 11) is -4.06. The van der Waals surface area contributed by atoms with Crippen molar-refractivity contribution in [3.05, 3.63) is 71.1 Å². The summed E-state index contributed by atoms with van der Waals surface area (Å²) in [5.74, 6) is -1.38. The number of nitrogens with one attached hydrogen (secondary N) is 2. The summed E-state index contributed by atoms with van der Waals surface area (Å²) in [6, 6.07) is 10.7. The molecule has 3 rings (SSSR count). The summed E-state index contributed by atoms with van der Waals surface area (Å²) in [5, 5.41) is 2.71. The summed E-state index contributed by atoms with van der Waals surface area (Å²) >= 11 is 0. The van der Waals surface area contributed by atoms with E-state index >= 15 is 0 Å². The lowest BCUT2D eigenvalue weighted by Crippen LogP contribution is -2.26. The first kappa shape index (κ1) is 22.2. The van der Waals surface area contributed by atoms with Crippen LogP contribution in [0, 0.1) is 5.82 Å². The van der Waals surface area contributed by atoms with Crippen molar-refractivity contribution in [1.82, 2.24) is 4.72 Å². The number of hydrogen-bond donors (Lipinski definition) is 2. The molecule has 0 aliphatic heterocycles. The molecular formula is C23H27FN2O3S. The smallest absolute Gasteiger partial charge is 0.255 e. The summed E-state index contributed by atoms with van der Waals surface area (Å²) in [5.41, 5.74) is 3.03. The topological polar surface area (TPSA) is 75.3 Å². The highest BCUT2D eigenvalue weighted by molar-refractivity contribution is 7.89. The van der Waals surface area contributed by atoms with Crippen LogP contribution >= 0.6 is 0 Å². The standard InChI is InChI=1S/C23H27FN2O3S/c1-2-17-8-11-20(12-9-17)26-23(27)19-10-13-21(24)22(16-19)30(28,29)25-15-14-18-6-4-3-5-7-18/h6,8-13,16,25H,2-5,7,14-15H2,1H3,(H,26,27). The second kappa shape index (κ2) is 10.00. The predicted octanol–water partition coefficient (Wildman–Crippen LogP) is 4.81. The zero-order chi connectivity index (χ0) is 21.6. The Kier molecular flexibility index (Phi) is 7.39. The van der Waals surface area contributed by atoms with Gasteiger partial charge in [-0.2, -0.15) is 0 Å². The lowest BCUT2D eigenvalue weighted by Gasteiger charge is -2.14. The maximum Gasteiger partial charge on any atom is 0.255 e. The van der Waals surface area contributed by atoms with E-state index in [0.29, 0.717) is 12.1 Å². The Labute approximate surface area is 177 Å². The van der Waals surface area contributed by atoms with Crippen molar-refractivity contribution in [1.29, 1.82) is 0 Å². The van der Waals surface area contributed by atoms with Crippen molar-refractivity contribution in [3.63, 3.8) is 0 Å². The molecule has 1 amide bonds. The van der Waals surface area contributed by atoms with Gasteiger partial charge in [0.05, 0.1) is 0 Å². The van der Waals surface area contributed by atoms with Crippen LogP contribution in [0.1, 0.15) is 54.9 Å². The van der Waals surface area contributed by atoms with Crippen LogP contribution in [0.5, 0.6) is 0 Å². The van der Waals surface area contributed by atoms with Crippen LogP contribution in [-0.4, -0.2) is 20.9 Å². The van der Waals surface area contributed by atoms with E-state index in [-0.39, 0.29) is 12.1 Å². The van der Waals surface area contributed by atoms with Crippen molar-refractivity contribution in [2.45, 2.75) is 50.3 Å². The molecule has 5 nitrogen and oxygen atoms in total. The number of halogens is 1. The minimum absolute atomic E-state index is 0.0753. The fraction of sp³-hybridized carbons (Fsp3) is 0.348. The molecule has 0 saturated carbocycles. The molecule has 0 aromatic heterocycles. The van der Waals surface area contributed by atoms with Gasteiger partial charge in [-0.1, -0.05) is 30.7 Å². The molecule has 0 bridgehead atoms. The highest BCUT2D eigenvalue weighted by Crippen LogP contribution is 2.21. The number of allylic oxidation sites excluding steroid dienone is 1. The van der Waals surface area contributed by atoms with Gasteiger partial charge in [0.1, 0.15) is 10.7 Å². The lowest BCUT2D eigenvalue weighted by atomic mass is 9.97. The number of sulfonamides is 1. The van der Waals surface area contributed by atoms with Crippen LogP contribution in [0.25, 0.3) is 0 Å². The van der Waals surface area contributed by atoms with Crippen molar-refractivity contribution >= 4 is 21.6 Å². The molecule has 30 heavy (non-hydrogen) atoms. The highest BCUT2D eigenvalue weighted by atomic mass is 32.2. The zero-order valence-electron chi connectivity index (χ0n) is 17.1. The number of hydrogen-bond acceptors (Lipinski definition) is 3. The maximum absolute atomic E-state index is 14.3. The Balaban J connectivity index is 1.69. The Hall–Kier alpha value is -2.51. The van der Waals surface area contributed by atoms with E-state index in [1.54, 1.807) is 12.1 Å². The van der Waals surface area contributed by atoms with Gasteiger partial charge in [-0.3, -0.25) is 4.79 Å². The molecule has 2 aromatic rings. The normalized spacial score (nSPS) is 14.3. The number of rotatable bonds is 8. The first-order chi connectivity index (χ1) is 14.4. The first-order valence-electron chi connectivity index (χ1n) is 10.3. The fourth-order valence-corrected chi connectivity index (χ4v) is 4.57. The Morgan fingerprint density at radius 3 is 2.53 bits per heavy atom. The van der Waals surface area contributed by atoms with Gasteiger partial charge in [0.25, 0.3) is 5.91 Å². The maximum atomic E-state index is 14.3. The molecule has 0 saturated heterocycles. The fourth-order valence-electron chi connectivity index (χ4n) is 3.43. The molecule has 0 atom stereocenters. The molecule has 160 valence electrons. The van der Waals surface area contributed by atoms with Gasteiger partial charge in [-0.25, -0.2) is 17.5 Å². The minimum atomic E-state index is -4.06. The highest BCUT2D eigenvalue weighted by Gasteiger charge is 2.21. The molecule has 0 fully saturated rings. The molecule has 0 heterocycles. The van der Waals surface area contributed by atoms with Crippen molar-refractivity contribution < 1.29 is 17.6 Å². The number of amides is 1. The van der Waals surface area contributed by atoms with E-state index in [4.69, 9.17) is 0 Å². The van der Waals surface area contributed by atoms with Gasteiger partial charge in [0.2, 0.25) is 10.0 Å². The predicted molar refractivity (Wildman–Crippen MR) is 117 cm³/mol. The molecule has 2 aromatic carbocycles. The van der Waals surface area contributed by atoms with E-state index in [1.165, 1.54) is 11.6 Å².